The molecule has 0 aromatic carbocycles. The average Bonchev–Trinajstić information content (AvgIpc) is 2.92. The van der Waals surface area contributed by atoms with Crippen molar-refractivity contribution in [3.8, 4) is 0 Å². The molecule has 1 aliphatic heterocycles. The fourth-order valence-electron chi connectivity index (χ4n) is 2.71. The van der Waals surface area contributed by atoms with Gasteiger partial charge in [0.25, 0.3) is 0 Å². The Morgan fingerprint density at radius 3 is 2.95 bits per heavy atom. The molecule has 1 saturated heterocycles. The molecule has 2 aromatic heterocycles. The van der Waals surface area contributed by atoms with Gasteiger partial charge in [-0.2, -0.15) is 5.10 Å². The minimum Gasteiger partial charge on any atom is -0.394 e. The van der Waals surface area contributed by atoms with Gasteiger partial charge in [-0.05, 0) is 19.1 Å². The predicted octanol–water partition coefficient (Wildman–Crippen LogP) is -1.36. The van der Waals surface area contributed by atoms with Gasteiger partial charge in [0.15, 0.2) is 11.4 Å². The minimum atomic E-state index is -1.80. The number of aromatic nitrogens is 3. The van der Waals surface area contributed by atoms with Crippen LogP contribution in [-0.2, 0) is 10.3 Å². The average molecular weight is 280 g/mol. The van der Waals surface area contributed by atoms with Crippen LogP contribution in [-0.4, -0.2) is 54.8 Å². The molecular formula is C12H16N4O4. The molecule has 5 N–H and O–H groups in total. The van der Waals surface area contributed by atoms with Crippen molar-refractivity contribution in [3.05, 3.63) is 24.2 Å². The first-order valence-electron chi connectivity index (χ1n) is 6.17. The van der Waals surface area contributed by atoms with Gasteiger partial charge in [-0.15, -0.1) is 0 Å². The summed E-state index contributed by atoms with van der Waals surface area (Å²) in [5.74, 6) is 0.258. The zero-order valence-electron chi connectivity index (χ0n) is 10.9. The molecular weight excluding hydrogens is 264 g/mol. The lowest BCUT2D eigenvalue weighted by atomic mass is 9.80. The van der Waals surface area contributed by atoms with Crippen LogP contribution >= 0.6 is 0 Å². The van der Waals surface area contributed by atoms with Gasteiger partial charge >= 0.3 is 0 Å². The molecule has 8 nitrogen and oxygen atoms in total. The van der Waals surface area contributed by atoms with Gasteiger partial charge in [0.2, 0.25) is 0 Å². The van der Waals surface area contributed by atoms with Crippen molar-refractivity contribution in [1.29, 1.82) is 0 Å². The molecule has 3 rings (SSSR count). The number of hydrogen-bond donors (Lipinski definition) is 4. The number of anilines is 1. The molecule has 2 aromatic rings. The Kier molecular flexibility index (Phi) is 2.73. The Morgan fingerprint density at radius 2 is 2.25 bits per heavy atom. The topological polar surface area (TPSA) is 126 Å². The summed E-state index contributed by atoms with van der Waals surface area (Å²) in [6, 6.07) is 3.23. The number of aliphatic hydroxyl groups excluding tert-OH is 1. The second kappa shape index (κ2) is 4.13. The van der Waals surface area contributed by atoms with E-state index in [1.165, 1.54) is 17.8 Å². The molecule has 8 heteroatoms. The minimum absolute atomic E-state index is 0.0947. The summed E-state index contributed by atoms with van der Waals surface area (Å²) in [5.41, 5.74) is 3.20. The van der Waals surface area contributed by atoms with E-state index in [-0.39, 0.29) is 12.4 Å². The summed E-state index contributed by atoms with van der Waals surface area (Å²) in [7, 11) is 0. The Morgan fingerprint density at radius 1 is 1.50 bits per heavy atom. The van der Waals surface area contributed by atoms with Gasteiger partial charge in [0, 0.05) is 0 Å². The van der Waals surface area contributed by atoms with Crippen LogP contribution < -0.4 is 5.73 Å². The van der Waals surface area contributed by atoms with E-state index in [0.717, 1.165) is 0 Å². The molecule has 0 spiro atoms. The number of aliphatic hydroxyl groups is 3. The normalized spacial score (nSPS) is 33.9. The Bertz CT molecular complexity index is 656. The van der Waals surface area contributed by atoms with E-state index in [1.807, 2.05) is 0 Å². The van der Waals surface area contributed by atoms with Crippen molar-refractivity contribution < 1.29 is 20.1 Å². The fraction of sp³-hybridized carbons (Fsp3) is 0.500. The van der Waals surface area contributed by atoms with E-state index < -0.39 is 23.9 Å². The molecule has 0 amide bonds. The summed E-state index contributed by atoms with van der Waals surface area (Å²) in [5, 5.41) is 34.9. The molecule has 108 valence electrons. The number of rotatable bonds is 2. The van der Waals surface area contributed by atoms with Crippen molar-refractivity contribution in [3.63, 3.8) is 0 Å². The van der Waals surface area contributed by atoms with Crippen molar-refractivity contribution in [2.24, 2.45) is 0 Å². The third-order valence-corrected chi connectivity index (χ3v) is 3.89. The van der Waals surface area contributed by atoms with Crippen LogP contribution in [0.15, 0.2) is 18.5 Å². The van der Waals surface area contributed by atoms with Gasteiger partial charge in [-0.25, -0.2) is 9.50 Å². The molecule has 0 unspecified atom stereocenters. The van der Waals surface area contributed by atoms with E-state index in [1.54, 1.807) is 12.1 Å². The van der Waals surface area contributed by atoms with Crippen molar-refractivity contribution >= 4 is 11.3 Å². The zero-order valence-corrected chi connectivity index (χ0v) is 10.9. The highest BCUT2D eigenvalue weighted by Crippen LogP contribution is 2.43. The Hall–Kier alpha value is -1.74. The molecule has 0 saturated carbocycles. The molecule has 0 aliphatic carbocycles. The van der Waals surface area contributed by atoms with Crippen LogP contribution in [0.3, 0.4) is 0 Å². The largest absolute Gasteiger partial charge is 0.394 e. The van der Waals surface area contributed by atoms with Gasteiger partial charge in [0.1, 0.15) is 23.5 Å². The summed E-state index contributed by atoms with van der Waals surface area (Å²) in [6.45, 7) is 0.926. The maximum atomic E-state index is 11.0. The van der Waals surface area contributed by atoms with Gasteiger partial charge in [-0.3, -0.25) is 0 Å². The monoisotopic (exact) mass is 280 g/mol. The second-order valence-electron chi connectivity index (χ2n) is 5.18. The smallest absolute Gasteiger partial charge is 0.165 e. The number of nitrogens with two attached hydrogens (primary N) is 1. The van der Waals surface area contributed by atoms with Crippen LogP contribution in [0.25, 0.3) is 5.52 Å². The number of nitrogens with zero attached hydrogens (tertiary/aromatic N) is 3. The highest BCUT2D eigenvalue weighted by atomic mass is 16.5. The molecule has 0 bridgehead atoms. The summed E-state index contributed by atoms with van der Waals surface area (Å²) in [4.78, 5) is 3.87. The first-order valence-corrected chi connectivity index (χ1v) is 6.17. The maximum Gasteiger partial charge on any atom is 0.165 e. The molecule has 1 aliphatic rings. The lowest BCUT2D eigenvalue weighted by Crippen LogP contribution is -2.54. The number of fused-ring (bicyclic) bond motifs is 1. The number of ether oxygens (including phenoxy) is 1. The lowest BCUT2D eigenvalue weighted by molar-refractivity contribution is -0.142. The van der Waals surface area contributed by atoms with E-state index in [9.17, 15) is 15.3 Å². The third-order valence-electron chi connectivity index (χ3n) is 3.89. The molecule has 3 atom stereocenters. The van der Waals surface area contributed by atoms with Crippen molar-refractivity contribution in [2.75, 3.05) is 18.9 Å². The van der Waals surface area contributed by atoms with Gasteiger partial charge in [-0.1, -0.05) is 0 Å². The maximum absolute atomic E-state index is 11.0. The fourth-order valence-corrected chi connectivity index (χ4v) is 2.71. The molecule has 3 heterocycles. The van der Waals surface area contributed by atoms with Gasteiger partial charge < -0.3 is 25.8 Å². The van der Waals surface area contributed by atoms with Crippen LogP contribution in [0.1, 0.15) is 12.6 Å². The summed E-state index contributed by atoms with van der Waals surface area (Å²) < 4.78 is 6.69. The van der Waals surface area contributed by atoms with Crippen LogP contribution in [0.5, 0.6) is 0 Å². The Labute approximate surface area is 114 Å². The third kappa shape index (κ3) is 1.50. The summed E-state index contributed by atoms with van der Waals surface area (Å²) in [6.07, 6.45) is 0.306. The number of nitrogen functional groups attached to an aromatic ring is 1. The highest BCUT2D eigenvalue weighted by molar-refractivity contribution is 5.65. The standard InChI is InChI=1S/C12H16N4O4/c1-11(18)5-20-9(4-17)12(11,19)8-3-2-7-10(13)14-6-15-16(7)8/h2-3,6,9,17-19H,4-5H2,1H3,(H2,13,14,15)/t9-,11+,12+/m1/s1. The van der Waals surface area contributed by atoms with Crippen LogP contribution in [0, 0.1) is 0 Å². The SMILES string of the molecule is C[C@]1(O)CO[C@H](CO)[C@@]1(O)c1ccc2c(N)ncnn12. The van der Waals surface area contributed by atoms with Gasteiger partial charge in [0.05, 0.1) is 18.9 Å². The Balaban J connectivity index is 2.25. The van der Waals surface area contributed by atoms with E-state index in [4.69, 9.17) is 10.5 Å². The number of hydrogen-bond acceptors (Lipinski definition) is 7. The van der Waals surface area contributed by atoms with Crippen LogP contribution in [0.2, 0.25) is 0 Å². The molecule has 0 radical (unpaired) electrons. The quantitative estimate of drug-likeness (QED) is 0.535. The zero-order chi connectivity index (χ0) is 14.5. The first kappa shape index (κ1) is 13.3. The van der Waals surface area contributed by atoms with Crippen molar-refractivity contribution in [1.82, 2.24) is 14.6 Å². The lowest BCUT2D eigenvalue weighted by Gasteiger charge is -2.36. The van der Waals surface area contributed by atoms with Crippen molar-refractivity contribution in [2.45, 2.75) is 24.2 Å². The summed E-state index contributed by atoms with van der Waals surface area (Å²) >= 11 is 0. The molecule has 1 fully saturated rings. The van der Waals surface area contributed by atoms with E-state index in [2.05, 4.69) is 10.1 Å². The van der Waals surface area contributed by atoms with E-state index >= 15 is 0 Å². The van der Waals surface area contributed by atoms with Crippen LogP contribution in [0.4, 0.5) is 5.82 Å². The predicted molar refractivity (Wildman–Crippen MR) is 68.7 cm³/mol. The first-order chi connectivity index (χ1) is 9.41. The van der Waals surface area contributed by atoms with E-state index in [0.29, 0.717) is 11.2 Å². The molecule has 20 heavy (non-hydrogen) atoms. The second-order valence-corrected chi connectivity index (χ2v) is 5.18. The highest BCUT2D eigenvalue weighted by Gasteiger charge is 2.60.